The first kappa shape index (κ1) is 12.1. The van der Waals surface area contributed by atoms with Gasteiger partial charge in [-0.2, -0.15) is 0 Å². The van der Waals surface area contributed by atoms with Crippen LogP contribution in [0.3, 0.4) is 0 Å². The lowest BCUT2D eigenvalue weighted by Crippen LogP contribution is -2.30. The molecule has 0 N–H and O–H groups in total. The molecule has 0 unspecified atom stereocenters. The molecule has 1 aromatic rings. The maximum atomic E-state index is 13.2. The normalized spacial score (nSPS) is 15.9. The monoisotopic (exact) mass is 235 g/mol. The van der Waals surface area contributed by atoms with Crippen LogP contribution >= 0.6 is 0 Å². The number of benzene rings is 1. The lowest BCUT2D eigenvalue weighted by atomic mass is 10.0. The molecule has 3 heteroatoms. The van der Waals surface area contributed by atoms with E-state index in [1.54, 1.807) is 6.07 Å². The van der Waals surface area contributed by atoms with Crippen LogP contribution in [0.4, 0.5) is 10.1 Å². The predicted octanol–water partition coefficient (Wildman–Crippen LogP) is 2.95. The molecule has 1 aliphatic heterocycles. The Morgan fingerprint density at radius 3 is 2.71 bits per heavy atom. The van der Waals surface area contributed by atoms with Gasteiger partial charge in [-0.05, 0) is 49.4 Å². The minimum atomic E-state index is -0.216. The third kappa shape index (κ3) is 3.05. The van der Waals surface area contributed by atoms with Gasteiger partial charge in [0, 0.05) is 25.2 Å². The van der Waals surface area contributed by atoms with Crippen LogP contribution in [-0.2, 0) is 11.2 Å². The van der Waals surface area contributed by atoms with Gasteiger partial charge in [0.2, 0.25) is 0 Å². The first-order valence-corrected chi connectivity index (χ1v) is 6.28. The third-order valence-corrected chi connectivity index (χ3v) is 3.27. The van der Waals surface area contributed by atoms with E-state index in [1.165, 1.54) is 25.3 Å². The van der Waals surface area contributed by atoms with Gasteiger partial charge < -0.3 is 9.69 Å². The van der Waals surface area contributed by atoms with Crippen molar-refractivity contribution in [3.05, 3.63) is 29.6 Å². The molecule has 0 aliphatic carbocycles. The van der Waals surface area contributed by atoms with Crippen LogP contribution < -0.4 is 4.90 Å². The molecule has 0 spiro atoms. The number of halogens is 1. The van der Waals surface area contributed by atoms with Crippen LogP contribution in [0, 0.1) is 5.82 Å². The average molecular weight is 235 g/mol. The third-order valence-electron chi connectivity index (χ3n) is 3.27. The van der Waals surface area contributed by atoms with Crippen LogP contribution in [0.2, 0.25) is 0 Å². The number of hydrogen-bond donors (Lipinski definition) is 0. The van der Waals surface area contributed by atoms with E-state index in [9.17, 15) is 9.18 Å². The molecule has 0 amide bonds. The molecular weight excluding hydrogens is 217 g/mol. The van der Waals surface area contributed by atoms with Crippen LogP contribution in [0.25, 0.3) is 0 Å². The average Bonchev–Trinajstić information content (AvgIpc) is 2.37. The van der Waals surface area contributed by atoms with Gasteiger partial charge in [0.15, 0.2) is 0 Å². The highest BCUT2D eigenvalue weighted by Crippen LogP contribution is 2.25. The molecule has 2 rings (SSSR count). The summed E-state index contributed by atoms with van der Waals surface area (Å²) in [7, 11) is 0. The SMILES string of the molecule is O=CCCc1cc(F)ccc1N1CCCCC1. The number of carbonyl (C=O) groups is 1. The number of nitrogens with zero attached hydrogens (tertiary/aromatic N) is 1. The number of piperidine rings is 1. The zero-order valence-corrected chi connectivity index (χ0v) is 9.99. The van der Waals surface area contributed by atoms with Gasteiger partial charge in [-0.3, -0.25) is 0 Å². The highest BCUT2D eigenvalue weighted by atomic mass is 19.1. The summed E-state index contributed by atoms with van der Waals surface area (Å²) in [6, 6.07) is 4.92. The van der Waals surface area contributed by atoms with Crippen molar-refractivity contribution in [3.63, 3.8) is 0 Å². The van der Waals surface area contributed by atoms with Crippen molar-refractivity contribution in [3.8, 4) is 0 Å². The van der Waals surface area contributed by atoms with Gasteiger partial charge in [0.1, 0.15) is 12.1 Å². The molecule has 1 aromatic carbocycles. The summed E-state index contributed by atoms with van der Waals surface area (Å²) in [6.07, 6.45) is 5.67. The van der Waals surface area contributed by atoms with Gasteiger partial charge >= 0.3 is 0 Å². The summed E-state index contributed by atoms with van der Waals surface area (Å²) < 4.78 is 13.2. The fourth-order valence-electron chi connectivity index (χ4n) is 2.41. The first-order valence-electron chi connectivity index (χ1n) is 6.28. The van der Waals surface area contributed by atoms with E-state index in [0.29, 0.717) is 12.8 Å². The Morgan fingerprint density at radius 1 is 1.24 bits per heavy atom. The van der Waals surface area contributed by atoms with Crippen LogP contribution in [0.1, 0.15) is 31.2 Å². The highest BCUT2D eigenvalue weighted by Gasteiger charge is 2.14. The Labute approximate surface area is 101 Å². The Balaban J connectivity index is 2.20. The van der Waals surface area contributed by atoms with E-state index in [2.05, 4.69) is 4.90 Å². The van der Waals surface area contributed by atoms with E-state index < -0.39 is 0 Å². The van der Waals surface area contributed by atoms with Crippen molar-refractivity contribution < 1.29 is 9.18 Å². The summed E-state index contributed by atoms with van der Waals surface area (Å²) >= 11 is 0. The number of carbonyl (C=O) groups excluding carboxylic acids is 1. The molecule has 1 saturated heterocycles. The molecule has 0 aromatic heterocycles. The number of hydrogen-bond acceptors (Lipinski definition) is 2. The largest absolute Gasteiger partial charge is 0.371 e. The molecular formula is C14H18FNO. The number of aldehydes is 1. The van der Waals surface area contributed by atoms with E-state index in [4.69, 9.17) is 0 Å². The summed E-state index contributed by atoms with van der Waals surface area (Å²) in [4.78, 5) is 12.8. The van der Waals surface area contributed by atoms with Crippen LogP contribution in [-0.4, -0.2) is 19.4 Å². The second-order valence-corrected chi connectivity index (χ2v) is 4.53. The molecule has 17 heavy (non-hydrogen) atoms. The minimum absolute atomic E-state index is 0.216. The summed E-state index contributed by atoms with van der Waals surface area (Å²) in [6.45, 7) is 2.08. The van der Waals surface area contributed by atoms with Crippen molar-refractivity contribution in [2.45, 2.75) is 32.1 Å². The minimum Gasteiger partial charge on any atom is -0.371 e. The maximum absolute atomic E-state index is 13.2. The van der Waals surface area contributed by atoms with Gasteiger partial charge in [-0.1, -0.05) is 0 Å². The topological polar surface area (TPSA) is 20.3 Å². The summed E-state index contributed by atoms with van der Waals surface area (Å²) in [5.41, 5.74) is 2.06. The molecule has 2 nitrogen and oxygen atoms in total. The van der Waals surface area contributed by atoms with Crippen molar-refractivity contribution >= 4 is 12.0 Å². The van der Waals surface area contributed by atoms with Crippen LogP contribution in [0.5, 0.6) is 0 Å². The number of aryl methyl sites for hydroxylation is 1. The fraction of sp³-hybridized carbons (Fsp3) is 0.500. The lowest BCUT2D eigenvalue weighted by Gasteiger charge is -2.30. The van der Waals surface area contributed by atoms with Gasteiger partial charge in [0.05, 0.1) is 0 Å². The van der Waals surface area contributed by atoms with E-state index in [0.717, 1.165) is 30.6 Å². The molecule has 1 fully saturated rings. The molecule has 1 aliphatic rings. The highest BCUT2D eigenvalue weighted by molar-refractivity contribution is 5.57. The molecule has 1 heterocycles. The second kappa shape index (κ2) is 5.80. The van der Waals surface area contributed by atoms with Gasteiger partial charge in [-0.15, -0.1) is 0 Å². The smallest absolute Gasteiger partial charge is 0.123 e. The summed E-state index contributed by atoms with van der Waals surface area (Å²) in [5, 5.41) is 0. The quantitative estimate of drug-likeness (QED) is 0.748. The second-order valence-electron chi connectivity index (χ2n) is 4.53. The molecule has 0 saturated carbocycles. The lowest BCUT2D eigenvalue weighted by molar-refractivity contribution is -0.107. The molecule has 0 radical (unpaired) electrons. The summed E-state index contributed by atoms with van der Waals surface area (Å²) in [5.74, 6) is -0.216. The Morgan fingerprint density at radius 2 is 2.00 bits per heavy atom. The van der Waals surface area contributed by atoms with Crippen LogP contribution in [0.15, 0.2) is 18.2 Å². The number of anilines is 1. The van der Waals surface area contributed by atoms with Crippen molar-refractivity contribution in [1.29, 1.82) is 0 Å². The first-order chi connectivity index (χ1) is 8.31. The standard InChI is InChI=1S/C14H18FNO/c15-13-6-7-14(12(11-13)5-4-10-17)16-8-2-1-3-9-16/h6-7,10-11H,1-5,8-9H2. The van der Waals surface area contributed by atoms with E-state index in [1.807, 2.05) is 6.07 Å². The van der Waals surface area contributed by atoms with E-state index in [-0.39, 0.29) is 5.82 Å². The maximum Gasteiger partial charge on any atom is 0.123 e. The zero-order valence-electron chi connectivity index (χ0n) is 9.99. The van der Waals surface area contributed by atoms with Crippen molar-refractivity contribution in [2.24, 2.45) is 0 Å². The molecule has 0 atom stereocenters. The predicted molar refractivity (Wildman–Crippen MR) is 66.8 cm³/mol. The molecule has 0 bridgehead atoms. The number of rotatable bonds is 4. The molecule has 92 valence electrons. The van der Waals surface area contributed by atoms with Crippen molar-refractivity contribution in [2.75, 3.05) is 18.0 Å². The van der Waals surface area contributed by atoms with Gasteiger partial charge in [0.25, 0.3) is 0 Å². The van der Waals surface area contributed by atoms with Crippen molar-refractivity contribution in [1.82, 2.24) is 0 Å². The Hall–Kier alpha value is -1.38. The zero-order chi connectivity index (χ0) is 12.1. The van der Waals surface area contributed by atoms with Gasteiger partial charge in [-0.25, -0.2) is 4.39 Å². The van der Waals surface area contributed by atoms with E-state index >= 15 is 0 Å². The fourth-order valence-corrected chi connectivity index (χ4v) is 2.41. The Bertz CT molecular complexity index is 386. The Kier molecular flexibility index (Phi) is 4.13.